The number of fused-ring (bicyclic) bond motifs is 28. The van der Waals surface area contributed by atoms with E-state index in [2.05, 4.69) is 377 Å². The molecule has 0 atom stereocenters. The van der Waals surface area contributed by atoms with E-state index in [1.807, 2.05) is 152 Å². The average molecular weight is 1920 g/mol. The second kappa shape index (κ2) is 34.5. The molecule has 0 amide bonds. The molecule has 15 heteroatoms. The van der Waals surface area contributed by atoms with Crippen molar-refractivity contribution in [1.29, 1.82) is 15.8 Å². The minimum atomic E-state index is -0.186. The number of hydrogen-bond acceptors (Lipinski definition) is 9. The van der Waals surface area contributed by atoms with Crippen LogP contribution in [0.5, 0.6) is 0 Å². The SMILES string of the molecule is CC1(C)c2ccccc2-c2c1ccc1c2c2ccccc2n1-c1nc(-c2ccccc2)nc(-c2ccccc2)c1C#N.CC1(C)c2ccccc2-c2ccc3c(c21)c1ccccc1n3-c1nc(-c2ccccc2)nc(-c2ccccc2)c1C#N.N#Cc1c(-n2c3ccccc3c3ccc4c5ccccc5n(-c5ccccc5)c4c32)nc(-c2ccccc2)nc1-n1c2ccccc2c2ccc3c4ccccc4n(-c4ccccc4)c3c21. The maximum atomic E-state index is 11.9. The van der Waals surface area contributed by atoms with Crippen LogP contribution >= 0.6 is 0 Å². The molecule has 0 aliphatic heterocycles. The third-order valence-corrected chi connectivity index (χ3v) is 30.7. The minimum absolute atomic E-state index is 0.114. The monoisotopic (exact) mass is 1920 g/mol. The second-order valence-corrected chi connectivity index (χ2v) is 39.5. The first kappa shape index (κ1) is 87.5. The van der Waals surface area contributed by atoms with Gasteiger partial charge in [-0.25, -0.2) is 29.9 Å². The van der Waals surface area contributed by atoms with Gasteiger partial charge < -0.3 is 9.13 Å². The Morgan fingerprint density at radius 3 is 0.880 bits per heavy atom. The Bertz CT molecular complexity index is 10400. The van der Waals surface area contributed by atoms with Crippen molar-refractivity contribution in [3.63, 3.8) is 0 Å². The highest BCUT2D eigenvalue weighted by atomic mass is 15.2. The van der Waals surface area contributed by atoms with Crippen LogP contribution in [0, 0.1) is 34.0 Å². The molecular weight excluding hydrogens is 1830 g/mol. The van der Waals surface area contributed by atoms with E-state index in [1.54, 1.807) is 0 Å². The van der Waals surface area contributed by atoms with Crippen molar-refractivity contribution in [1.82, 2.24) is 57.3 Å². The molecule has 150 heavy (non-hydrogen) atoms. The van der Waals surface area contributed by atoms with E-state index in [0.717, 1.165) is 159 Å². The van der Waals surface area contributed by atoms with Crippen molar-refractivity contribution in [2.45, 2.75) is 38.5 Å². The van der Waals surface area contributed by atoms with Crippen molar-refractivity contribution in [2.24, 2.45) is 0 Å². The van der Waals surface area contributed by atoms with Crippen LogP contribution in [-0.2, 0) is 10.8 Å². The van der Waals surface area contributed by atoms with Gasteiger partial charge in [-0.2, -0.15) is 15.8 Å². The summed E-state index contributed by atoms with van der Waals surface area (Å²) in [6.07, 6.45) is 0. The summed E-state index contributed by atoms with van der Waals surface area (Å²) in [5, 5.41) is 46.7. The number of nitrogens with zero attached hydrogens (tertiary/aromatic N) is 15. The zero-order chi connectivity index (χ0) is 100. The number of para-hydroxylation sites is 8. The smallest absolute Gasteiger partial charge is 0.164 e. The highest BCUT2D eigenvalue weighted by Gasteiger charge is 2.41. The number of rotatable bonds is 11. The van der Waals surface area contributed by atoms with Gasteiger partial charge in [-0.3, -0.25) is 18.3 Å². The van der Waals surface area contributed by atoms with Crippen molar-refractivity contribution in [3.8, 4) is 132 Å². The molecule has 0 unspecified atom stereocenters. The van der Waals surface area contributed by atoms with Crippen molar-refractivity contribution < 1.29 is 0 Å². The second-order valence-electron chi connectivity index (χ2n) is 39.5. The van der Waals surface area contributed by atoms with Crippen LogP contribution in [0.25, 0.3) is 244 Å². The first-order valence-corrected chi connectivity index (χ1v) is 50.5. The van der Waals surface area contributed by atoms with Gasteiger partial charge in [0, 0.05) is 115 Å². The van der Waals surface area contributed by atoms with Gasteiger partial charge in [0.15, 0.2) is 40.7 Å². The van der Waals surface area contributed by atoms with Crippen LogP contribution in [0.2, 0.25) is 0 Å². The Morgan fingerprint density at radius 1 is 0.200 bits per heavy atom. The van der Waals surface area contributed by atoms with Crippen LogP contribution < -0.4 is 0 Å². The lowest BCUT2D eigenvalue weighted by Crippen LogP contribution is -2.15. The Kier molecular flexibility index (Phi) is 20.1. The normalized spacial score (nSPS) is 12.6. The lowest BCUT2D eigenvalue weighted by atomic mass is 9.80. The minimum Gasteiger partial charge on any atom is -0.307 e. The Hall–Kier alpha value is -20.3. The molecular formula is C135H87N15. The maximum Gasteiger partial charge on any atom is 0.164 e. The summed E-state index contributed by atoms with van der Waals surface area (Å²) in [7, 11) is 0. The molecule has 15 nitrogen and oxygen atoms in total. The molecule has 0 bridgehead atoms. The summed E-state index contributed by atoms with van der Waals surface area (Å²) in [5.41, 5.74) is 31.3. The third kappa shape index (κ3) is 13.2. The molecule has 702 valence electrons. The van der Waals surface area contributed by atoms with E-state index < -0.39 is 0 Å². The van der Waals surface area contributed by atoms with E-state index in [0.29, 0.717) is 68.8 Å². The fourth-order valence-corrected chi connectivity index (χ4v) is 24.2. The van der Waals surface area contributed by atoms with E-state index in [9.17, 15) is 15.8 Å². The molecule has 19 aromatic carbocycles. The lowest BCUT2D eigenvalue weighted by Gasteiger charge is -2.22. The van der Waals surface area contributed by atoms with Crippen LogP contribution in [-0.4, -0.2) is 57.3 Å². The lowest BCUT2D eigenvalue weighted by molar-refractivity contribution is 0.661. The Balaban J connectivity index is 0.000000113. The molecule has 9 aromatic heterocycles. The van der Waals surface area contributed by atoms with Crippen LogP contribution in [0.4, 0.5) is 0 Å². The Labute approximate surface area is 862 Å². The van der Waals surface area contributed by atoms with E-state index >= 15 is 0 Å². The van der Waals surface area contributed by atoms with Gasteiger partial charge in [0.2, 0.25) is 0 Å². The van der Waals surface area contributed by atoms with E-state index in [-0.39, 0.29) is 10.8 Å². The van der Waals surface area contributed by atoms with Gasteiger partial charge in [-0.1, -0.05) is 410 Å². The molecule has 0 spiro atoms. The van der Waals surface area contributed by atoms with Gasteiger partial charge in [0.05, 0.1) is 77.6 Å². The van der Waals surface area contributed by atoms with E-state index in [4.69, 9.17) is 29.9 Å². The molecule has 0 radical (unpaired) electrons. The first-order chi connectivity index (χ1) is 73.9. The largest absolute Gasteiger partial charge is 0.307 e. The summed E-state index contributed by atoms with van der Waals surface area (Å²) in [5.74, 6) is 3.87. The number of hydrogen-bond donors (Lipinski definition) is 0. The maximum absolute atomic E-state index is 11.9. The standard InChI is InChI=1S/C59H35N7.2C38H26N4/c60-36-48-58(65-51-30-16-12-26-42(51)46-34-32-44-40-24-10-14-28-49(40)63(53(44)55(46)65)38-20-6-2-7-21-38)61-57(37-18-4-1-5-19-37)62-59(48)66-52-31-17-13-27-43(52)47-35-33-45-41-25-11-15-29-50(41)64(54(45)56(47)66)39-22-8-3-9-23-39;1-38(2)30-19-11-9-17-26(30)27-21-22-32-33(34(27)38)28-18-10-12-20-31(28)42(32)37-29(23-39)35(24-13-5-3-6-14-24)40-36(41-37)25-15-7-4-8-16-25;1-38(2)29-19-11-9-17-26(29)33-30(38)21-22-32-34(33)27-18-10-12-20-31(27)42(32)37-28(23-39)35(24-13-5-3-6-14-24)40-36(41-37)25-15-7-4-8-16-25/h1-35H;2*3-22H,1-2H3. The summed E-state index contributed by atoms with van der Waals surface area (Å²) >= 11 is 0. The number of nitriles is 3. The molecule has 0 fully saturated rings. The number of aromatic nitrogens is 12. The average Bonchev–Trinajstić information content (AvgIpc) is 1.55. The quantitative estimate of drug-likeness (QED) is 0.122. The van der Waals surface area contributed by atoms with Crippen LogP contribution in [0.1, 0.15) is 66.6 Å². The fraction of sp³-hybridized carbons (Fsp3) is 0.0444. The number of benzene rings is 19. The molecule has 28 aromatic rings. The van der Waals surface area contributed by atoms with Gasteiger partial charge in [-0.05, 0) is 117 Å². The van der Waals surface area contributed by atoms with Gasteiger partial charge >= 0.3 is 0 Å². The van der Waals surface area contributed by atoms with Crippen molar-refractivity contribution in [3.05, 3.63) is 494 Å². The molecule has 0 saturated carbocycles. The fourth-order valence-electron chi connectivity index (χ4n) is 24.2. The zero-order valence-corrected chi connectivity index (χ0v) is 82.0. The first-order valence-electron chi connectivity index (χ1n) is 50.5. The molecule has 9 heterocycles. The summed E-state index contributed by atoms with van der Waals surface area (Å²) in [6.45, 7) is 9.24. The highest BCUT2D eigenvalue weighted by molar-refractivity contribution is 6.27. The van der Waals surface area contributed by atoms with Crippen LogP contribution in [0.15, 0.2) is 455 Å². The summed E-state index contributed by atoms with van der Waals surface area (Å²) < 4.78 is 13.5. The molecule has 2 aliphatic carbocycles. The van der Waals surface area contributed by atoms with Gasteiger partial charge in [0.1, 0.15) is 34.9 Å². The van der Waals surface area contributed by atoms with Crippen LogP contribution in [0.3, 0.4) is 0 Å². The molecule has 0 N–H and O–H groups in total. The summed E-state index contributed by atoms with van der Waals surface area (Å²) in [6, 6.07) is 165. The zero-order valence-electron chi connectivity index (χ0n) is 82.0. The van der Waals surface area contributed by atoms with E-state index in [1.165, 1.54) is 55.3 Å². The topological polar surface area (TPSA) is 178 Å². The third-order valence-electron chi connectivity index (χ3n) is 30.7. The van der Waals surface area contributed by atoms with Gasteiger partial charge in [0.25, 0.3) is 0 Å². The summed E-state index contributed by atoms with van der Waals surface area (Å²) in [4.78, 5) is 31.3. The highest BCUT2D eigenvalue weighted by Crippen LogP contribution is 2.57. The Morgan fingerprint density at radius 2 is 0.487 bits per heavy atom. The molecule has 30 rings (SSSR count). The molecule has 0 saturated heterocycles. The predicted molar refractivity (Wildman–Crippen MR) is 609 cm³/mol. The van der Waals surface area contributed by atoms with Gasteiger partial charge in [-0.15, -0.1) is 0 Å². The van der Waals surface area contributed by atoms with Crippen molar-refractivity contribution >= 4 is 131 Å². The van der Waals surface area contributed by atoms with Crippen molar-refractivity contribution in [2.75, 3.05) is 0 Å². The molecule has 2 aliphatic rings. The predicted octanol–water partition coefficient (Wildman–Crippen LogP) is 32.6.